The van der Waals surface area contributed by atoms with Crippen LogP contribution in [0.15, 0.2) is 53.6 Å². The second-order valence-electron chi connectivity index (χ2n) is 4.43. The molecule has 0 saturated heterocycles. The maximum atomic E-state index is 12.0. The van der Waals surface area contributed by atoms with Crippen LogP contribution in [-0.2, 0) is 0 Å². The third kappa shape index (κ3) is 3.67. The molecule has 0 spiro atoms. The van der Waals surface area contributed by atoms with Crippen molar-refractivity contribution in [2.24, 2.45) is 5.10 Å². The molecule has 0 atom stereocenters. The quantitative estimate of drug-likeness (QED) is 0.533. The van der Waals surface area contributed by atoms with Crippen LogP contribution in [0.5, 0.6) is 0 Å². The van der Waals surface area contributed by atoms with Crippen LogP contribution < -0.4 is 5.43 Å². The van der Waals surface area contributed by atoms with E-state index < -0.39 is 10.8 Å². The van der Waals surface area contributed by atoms with Crippen LogP contribution in [0.3, 0.4) is 0 Å². The van der Waals surface area contributed by atoms with Gasteiger partial charge >= 0.3 is 0 Å². The van der Waals surface area contributed by atoms with Gasteiger partial charge in [0, 0.05) is 17.7 Å². The van der Waals surface area contributed by atoms with Gasteiger partial charge in [-0.2, -0.15) is 5.10 Å². The van der Waals surface area contributed by atoms with E-state index in [-0.39, 0.29) is 5.69 Å². The van der Waals surface area contributed by atoms with Crippen LogP contribution in [0.25, 0.3) is 0 Å². The van der Waals surface area contributed by atoms with Gasteiger partial charge in [-0.25, -0.2) is 5.43 Å². The lowest BCUT2D eigenvalue weighted by atomic mass is 10.1. The predicted octanol–water partition coefficient (Wildman–Crippen LogP) is 3.40. The molecular weight excluding hydrogens is 306 g/mol. The van der Waals surface area contributed by atoms with E-state index in [2.05, 4.69) is 10.5 Å². The first kappa shape index (κ1) is 15.7. The molecule has 2 aromatic carbocycles. The molecule has 0 bridgehead atoms. The summed E-state index contributed by atoms with van der Waals surface area (Å²) in [6, 6.07) is 12.6. The normalized spacial score (nSPS) is 11.1. The van der Waals surface area contributed by atoms with E-state index in [4.69, 9.17) is 11.6 Å². The minimum absolute atomic E-state index is 0.0375. The summed E-state index contributed by atoms with van der Waals surface area (Å²) in [4.78, 5) is 22.2. The van der Waals surface area contributed by atoms with E-state index in [1.54, 1.807) is 43.3 Å². The average Bonchev–Trinajstić information content (AvgIpc) is 2.52. The van der Waals surface area contributed by atoms with E-state index >= 15 is 0 Å². The van der Waals surface area contributed by atoms with Crippen molar-refractivity contribution in [1.29, 1.82) is 0 Å². The molecule has 1 N–H and O–H groups in total. The Morgan fingerprint density at radius 3 is 2.64 bits per heavy atom. The minimum Gasteiger partial charge on any atom is -0.267 e. The fourth-order valence-corrected chi connectivity index (χ4v) is 1.97. The van der Waals surface area contributed by atoms with Crippen molar-refractivity contribution in [3.8, 4) is 0 Å². The highest BCUT2D eigenvalue weighted by molar-refractivity contribution is 6.33. The molecule has 2 rings (SSSR count). The fraction of sp³-hybridized carbons (Fsp3) is 0.0667. The zero-order valence-corrected chi connectivity index (χ0v) is 12.4. The number of nitrogens with one attached hydrogen (secondary N) is 1. The Balaban J connectivity index is 2.16. The fourth-order valence-electron chi connectivity index (χ4n) is 1.75. The van der Waals surface area contributed by atoms with E-state index in [9.17, 15) is 14.9 Å². The summed E-state index contributed by atoms with van der Waals surface area (Å²) in [5.41, 5.74) is 3.65. The molecule has 0 heterocycles. The molecule has 0 aliphatic heterocycles. The van der Waals surface area contributed by atoms with Gasteiger partial charge in [-0.15, -0.1) is 0 Å². The standard InChI is InChI=1S/C15H12ClN3O3/c1-10(11-5-4-6-12(9-11)19(21)22)17-18-15(20)13-7-2-3-8-14(13)16/h2-9H,1H3,(H,18,20)/b17-10+. The highest BCUT2D eigenvalue weighted by Crippen LogP contribution is 2.15. The lowest BCUT2D eigenvalue weighted by Gasteiger charge is -2.04. The van der Waals surface area contributed by atoms with Crippen LogP contribution in [-0.4, -0.2) is 16.5 Å². The number of amides is 1. The molecule has 7 heteroatoms. The number of halogens is 1. The van der Waals surface area contributed by atoms with Gasteiger partial charge in [0.25, 0.3) is 11.6 Å². The lowest BCUT2D eigenvalue weighted by Crippen LogP contribution is -2.19. The molecule has 1 amide bonds. The summed E-state index contributed by atoms with van der Waals surface area (Å²) in [5, 5.41) is 15.0. The first-order valence-electron chi connectivity index (χ1n) is 6.33. The number of nitro benzene ring substituents is 1. The Hall–Kier alpha value is -2.73. The van der Waals surface area contributed by atoms with Crippen molar-refractivity contribution in [3.05, 3.63) is 74.8 Å². The number of carbonyl (C=O) groups is 1. The first-order chi connectivity index (χ1) is 10.5. The zero-order chi connectivity index (χ0) is 16.1. The monoisotopic (exact) mass is 317 g/mol. The molecule has 0 aliphatic carbocycles. The molecule has 22 heavy (non-hydrogen) atoms. The molecule has 6 nitrogen and oxygen atoms in total. The summed E-state index contributed by atoms with van der Waals surface area (Å²) in [6.07, 6.45) is 0. The molecule has 0 aromatic heterocycles. The molecule has 2 aromatic rings. The topological polar surface area (TPSA) is 84.6 Å². The summed E-state index contributed by atoms with van der Waals surface area (Å²) in [5.74, 6) is -0.449. The highest BCUT2D eigenvalue weighted by Gasteiger charge is 2.10. The number of nitrogens with zero attached hydrogens (tertiary/aromatic N) is 2. The van der Waals surface area contributed by atoms with Crippen molar-refractivity contribution in [3.63, 3.8) is 0 Å². The number of hydrogen-bond acceptors (Lipinski definition) is 4. The van der Waals surface area contributed by atoms with Crippen LogP contribution in [0.1, 0.15) is 22.8 Å². The molecule has 0 saturated carbocycles. The number of nitro groups is 1. The first-order valence-corrected chi connectivity index (χ1v) is 6.71. The van der Waals surface area contributed by atoms with Crippen molar-refractivity contribution in [1.82, 2.24) is 5.43 Å². The summed E-state index contributed by atoms with van der Waals surface area (Å²) >= 11 is 5.92. The Morgan fingerprint density at radius 1 is 1.23 bits per heavy atom. The number of benzene rings is 2. The largest absolute Gasteiger partial charge is 0.272 e. The number of non-ortho nitro benzene ring substituents is 1. The molecule has 112 valence electrons. The Labute approximate surface area is 131 Å². The molecule has 0 radical (unpaired) electrons. The predicted molar refractivity (Wildman–Crippen MR) is 84.2 cm³/mol. The van der Waals surface area contributed by atoms with Crippen molar-refractivity contribution in [2.75, 3.05) is 0 Å². The Morgan fingerprint density at radius 2 is 1.95 bits per heavy atom. The van der Waals surface area contributed by atoms with Gasteiger partial charge < -0.3 is 0 Å². The zero-order valence-electron chi connectivity index (χ0n) is 11.6. The molecular formula is C15H12ClN3O3. The van der Waals surface area contributed by atoms with Crippen molar-refractivity contribution >= 4 is 28.9 Å². The minimum atomic E-state index is -0.487. The number of hydrazone groups is 1. The van der Waals surface area contributed by atoms with Gasteiger partial charge in [0.2, 0.25) is 0 Å². The van der Waals surface area contributed by atoms with Crippen LogP contribution in [0, 0.1) is 10.1 Å². The second-order valence-corrected chi connectivity index (χ2v) is 4.83. The van der Waals surface area contributed by atoms with E-state index in [0.717, 1.165) is 0 Å². The lowest BCUT2D eigenvalue weighted by molar-refractivity contribution is -0.384. The summed E-state index contributed by atoms with van der Waals surface area (Å²) < 4.78 is 0. The van der Waals surface area contributed by atoms with Gasteiger partial charge in [0.1, 0.15) is 0 Å². The third-order valence-electron chi connectivity index (χ3n) is 2.92. The third-order valence-corrected chi connectivity index (χ3v) is 3.25. The van der Waals surface area contributed by atoms with E-state index in [1.165, 1.54) is 12.1 Å². The van der Waals surface area contributed by atoms with Crippen LogP contribution in [0.2, 0.25) is 5.02 Å². The highest BCUT2D eigenvalue weighted by atomic mass is 35.5. The van der Waals surface area contributed by atoms with Gasteiger partial charge in [-0.05, 0) is 19.1 Å². The smallest absolute Gasteiger partial charge is 0.267 e. The summed E-state index contributed by atoms with van der Waals surface area (Å²) in [7, 11) is 0. The molecule has 0 fully saturated rings. The van der Waals surface area contributed by atoms with E-state index in [1.807, 2.05) is 0 Å². The Kier molecular flexibility index (Phi) is 4.85. The summed E-state index contributed by atoms with van der Waals surface area (Å²) in [6.45, 7) is 1.64. The number of hydrogen-bond donors (Lipinski definition) is 1. The molecule has 0 aliphatic rings. The van der Waals surface area contributed by atoms with E-state index in [0.29, 0.717) is 21.9 Å². The second kappa shape index (κ2) is 6.82. The number of carbonyl (C=O) groups excluding carboxylic acids is 1. The van der Waals surface area contributed by atoms with Crippen LogP contribution >= 0.6 is 11.6 Å². The maximum absolute atomic E-state index is 12.0. The average molecular weight is 318 g/mol. The van der Waals surface area contributed by atoms with Gasteiger partial charge in [0.05, 0.1) is 21.2 Å². The van der Waals surface area contributed by atoms with Crippen LogP contribution in [0.4, 0.5) is 5.69 Å². The van der Waals surface area contributed by atoms with Crippen molar-refractivity contribution < 1.29 is 9.72 Å². The van der Waals surface area contributed by atoms with Crippen molar-refractivity contribution in [2.45, 2.75) is 6.92 Å². The molecule has 0 unspecified atom stereocenters. The Bertz CT molecular complexity index is 759. The van der Waals surface area contributed by atoms with Gasteiger partial charge in [-0.3, -0.25) is 14.9 Å². The van der Waals surface area contributed by atoms with Gasteiger partial charge in [0.15, 0.2) is 0 Å². The van der Waals surface area contributed by atoms with Gasteiger partial charge in [-0.1, -0.05) is 35.9 Å². The SMILES string of the molecule is C/C(=N\NC(=O)c1ccccc1Cl)c1cccc([N+](=O)[O-])c1. The number of rotatable bonds is 4. The maximum Gasteiger partial charge on any atom is 0.272 e.